The Kier molecular flexibility index (Phi) is 3.04. The van der Waals surface area contributed by atoms with Crippen LogP contribution in [0.1, 0.15) is 5.69 Å². The van der Waals surface area contributed by atoms with Crippen molar-refractivity contribution < 1.29 is 18.0 Å². The van der Waals surface area contributed by atoms with Crippen molar-refractivity contribution in [2.45, 2.75) is 6.18 Å². The van der Waals surface area contributed by atoms with Gasteiger partial charge in [0.05, 0.1) is 5.52 Å². The molecule has 0 radical (unpaired) electrons. The Morgan fingerprint density at radius 2 is 2.06 bits per heavy atom. The van der Waals surface area contributed by atoms with E-state index in [1.807, 2.05) is 0 Å². The van der Waals surface area contributed by atoms with E-state index in [0.29, 0.717) is 9.99 Å². The number of halogens is 4. The first-order chi connectivity index (χ1) is 8.36. The Balaban J connectivity index is 2.96. The second kappa shape index (κ2) is 4.26. The van der Waals surface area contributed by atoms with Crippen molar-refractivity contribution in [2.24, 2.45) is 12.0 Å². The normalized spacial score (nSPS) is 11.6. The molecule has 0 fully saturated rings. The number of hydrogen-bond acceptors (Lipinski definition) is 2. The summed E-state index contributed by atoms with van der Waals surface area (Å²) in [6, 6.07) is 4.60. The van der Waals surface area contributed by atoms with Gasteiger partial charge in [-0.15, -0.1) is 0 Å². The van der Waals surface area contributed by atoms with Crippen molar-refractivity contribution in [1.29, 1.82) is 0 Å². The number of rotatable bonds is 1. The highest BCUT2D eigenvalue weighted by Crippen LogP contribution is 2.42. The SMILES string of the molecule is Cn1c(C(F)(F)F)c(N=C=O)c2ccc(Br)cc21. The smallest absolute Gasteiger partial charge is 0.338 e. The predicted molar refractivity (Wildman–Crippen MR) is 63.4 cm³/mol. The van der Waals surface area contributed by atoms with Crippen LogP contribution in [0.3, 0.4) is 0 Å². The third kappa shape index (κ3) is 1.95. The van der Waals surface area contributed by atoms with Crippen LogP contribution in [0, 0.1) is 0 Å². The van der Waals surface area contributed by atoms with Crippen molar-refractivity contribution in [3.8, 4) is 0 Å². The van der Waals surface area contributed by atoms with Gasteiger partial charge in [-0.3, -0.25) is 0 Å². The van der Waals surface area contributed by atoms with Crippen LogP contribution in [0.25, 0.3) is 10.9 Å². The zero-order valence-corrected chi connectivity index (χ0v) is 10.6. The van der Waals surface area contributed by atoms with Crippen molar-refractivity contribution in [1.82, 2.24) is 4.57 Å². The Bertz CT molecular complexity index is 669. The number of isocyanates is 1. The minimum Gasteiger partial charge on any atom is -0.338 e. The van der Waals surface area contributed by atoms with Crippen molar-refractivity contribution in [3.63, 3.8) is 0 Å². The van der Waals surface area contributed by atoms with E-state index in [0.717, 1.165) is 4.57 Å². The number of carbonyl (C=O) groups excluding carboxylic acids is 1. The molecule has 18 heavy (non-hydrogen) atoms. The van der Waals surface area contributed by atoms with Crippen LogP contribution >= 0.6 is 15.9 Å². The molecule has 0 aliphatic carbocycles. The fourth-order valence-electron chi connectivity index (χ4n) is 1.87. The summed E-state index contributed by atoms with van der Waals surface area (Å²) in [5.41, 5.74) is -1.02. The van der Waals surface area contributed by atoms with Crippen molar-refractivity contribution in [3.05, 3.63) is 28.4 Å². The van der Waals surface area contributed by atoms with Crippen LogP contribution in [0.4, 0.5) is 18.9 Å². The molecule has 94 valence electrons. The van der Waals surface area contributed by atoms with Gasteiger partial charge in [0.25, 0.3) is 0 Å². The number of aromatic nitrogens is 1. The van der Waals surface area contributed by atoms with Crippen LogP contribution in [-0.2, 0) is 18.0 Å². The average Bonchev–Trinajstić information content (AvgIpc) is 2.52. The first-order valence-electron chi connectivity index (χ1n) is 4.79. The van der Waals surface area contributed by atoms with Gasteiger partial charge in [0, 0.05) is 16.9 Å². The molecule has 1 heterocycles. The number of aliphatic imine (C=N–C) groups is 1. The van der Waals surface area contributed by atoms with Crippen LogP contribution in [0.15, 0.2) is 27.7 Å². The van der Waals surface area contributed by atoms with Gasteiger partial charge >= 0.3 is 6.18 Å². The van der Waals surface area contributed by atoms with Gasteiger partial charge in [-0.1, -0.05) is 15.9 Å². The van der Waals surface area contributed by atoms with Crippen LogP contribution in [0.5, 0.6) is 0 Å². The maximum atomic E-state index is 12.9. The van der Waals surface area contributed by atoms with Crippen LogP contribution in [-0.4, -0.2) is 10.6 Å². The lowest BCUT2D eigenvalue weighted by Crippen LogP contribution is -2.11. The van der Waals surface area contributed by atoms with E-state index in [1.54, 1.807) is 6.07 Å². The molecule has 0 aliphatic rings. The van der Waals surface area contributed by atoms with Gasteiger partial charge in [0.15, 0.2) is 5.69 Å². The Labute approximate surface area is 108 Å². The minimum absolute atomic E-state index is 0.261. The summed E-state index contributed by atoms with van der Waals surface area (Å²) in [6.07, 6.45) is -3.42. The minimum atomic E-state index is -4.59. The number of aryl methyl sites for hydroxylation is 1. The Morgan fingerprint density at radius 1 is 1.39 bits per heavy atom. The van der Waals surface area contributed by atoms with Gasteiger partial charge in [-0.25, -0.2) is 4.79 Å². The molecule has 3 nitrogen and oxygen atoms in total. The van der Waals surface area contributed by atoms with E-state index < -0.39 is 17.6 Å². The number of hydrogen-bond donors (Lipinski definition) is 0. The van der Waals surface area contributed by atoms with Gasteiger partial charge in [-0.05, 0) is 18.2 Å². The topological polar surface area (TPSA) is 34.4 Å². The fourth-order valence-corrected chi connectivity index (χ4v) is 2.22. The average molecular weight is 319 g/mol. The molecule has 0 spiro atoms. The van der Waals surface area contributed by atoms with Crippen LogP contribution < -0.4 is 0 Å². The quantitative estimate of drug-likeness (QED) is 0.579. The third-order valence-electron chi connectivity index (χ3n) is 2.56. The molecule has 0 bridgehead atoms. The molecule has 0 saturated carbocycles. The van der Waals surface area contributed by atoms with Gasteiger partial charge < -0.3 is 4.57 Å². The van der Waals surface area contributed by atoms with Gasteiger partial charge in [0.2, 0.25) is 6.08 Å². The summed E-state index contributed by atoms with van der Waals surface area (Å²) < 4.78 is 40.5. The summed E-state index contributed by atoms with van der Waals surface area (Å²) in [5, 5.41) is 0.261. The lowest BCUT2D eigenvalue weighted by atomic mass is 10.2. The fraction of sp³-hybridized carbons (Fsp3) is 0.182. The largest absolute Gasteiger partial charge is 0.433 e. The molecule has 0 atom stereocenters. The third-order valence-corrected chi connectivity index (χ3v) is 3.06. The van der Waals surface area contributed by atoms with E-state index in [4.69, 9.17) is 0 Å². The number of benzene rings is 1. The lowest BCUT2D eigenvalue weighted by Gasteiger charge is -2.08. The summed E-state index contributed by atoms with van der Waals surface area (Å²) in [6.45, 7) is 0. The van der Waals surface area contributed by atoms with Crippen molar-refractivity contribution in [2.75, 3.05) is 0 Å². The maximum absolute atomic E-state index is 12.9. The molecular formula is C11H6BrF3N2O. The van der Waals surface area contributed by atoms with Crippen molar-refractivity contribution >= 4 is 38.6 Å². The van der Waals surface area contributed by atoms with Gasteiger partial charge in [0.1, 0.15) is 5.69 Å². The molecular weight excluding hydrogens is 313 g/mol. The van der Waals surface area contributed by atoms with E-state index in [9.17, 15) is 18.0 Å². The molecule has 1 aromatic carbocycles. The first kappa shape index (κ1) is 12.9. The molecule has 7 heteroatoms. The molecule has 2 rings (SSSR count). The predicted octanol–water partition coefficient (Wildman–Crippen LogP) is 3.93. The maximum Gasteiger partial charge on any atom is 0.433 e. The number of fused-ring (bicyclic) bond motifs is 1. The highest BCUT2D eigenvalue weighted by molar-refractivity contribution is 9.10. The molecule has 1 aromatic heterocycles. The zero-order chi connectivity index (χ0) is 13.5. The Morgan fingerprint density at radius 3 is 2.61 bits per heavy atom. The Hall–Kier alpha value is -1.59. The van der Waals surface area contributed by atoms with E-state index >= 15 is 0 Å². The molecule has 0 saturated heterocycles. The van der Waals surface area contributed by atoms with Crippen LogP contribution in [0.2, 0.25) is 0 Å². The molecule has 0 aliphatic heterocycles. The molecule has 0 unspecified atom stereocenters. The van der Waals surface area contributed by atoms with E-state index in [1.165, 1.54) is 25.3 Å². The monoisotopic (exact) mass is 318 g/mol. The highest BCUT2D eigenvalue weighted by atomic mass is 79.9. The first-order valence-corrected chi connectivity index (χ1v) is 5.58. The number of alkyl halides is 3. The summed E-state index contributed by atoms with van der Waals surface area (Å²) in [7, 11) is 1.28. The highest BCUT2D eigenvalue weighted by Gasteiger charge is 2.38. The second-order valence-corrected chi connectivity index (χ2v) is 4.53. The van der Waals surface area contributed by atoms with Gasteiger partial charge in [-0.2, -0.15) is 18.2 Å². The summed E-state index contributed by atoms with van der Waals surface area (Å²) in [4.78, 5) is 13.5. The van der Waals surface area contributed by atoms with E-state index in [2.05, 4.69) is 20.9 Å². The van der Waals surface area contributed by atoms with E-state index in [-0.39, 0.29) is 5.39 Å². The lowest BCUT2D eigenvalue weighted by molar-refractivity contribution is -0.142. The molecule has 0 N–H and O–H groups in total. The molecule has 0 amide bonds. The zero-order valence-electron chi connectivity index (χ0n) is 9.05. The second-order valence-electron chi connectivity index (χ2n) is 3.62. The standard InChI is InChI=1S/C11H6BrF3N2O/c1-17-8-4-6(12)2-3-7(8)9(16-5-18)10(17)11(13,14)15/h2-4H,1H3. The summed E-state index contributed by atoms with van der Waals surface area (Å²) in [5.74, 6) is 0. The number of nitrogens with zero attached hydrogens (tertiary/aromatic N) is 2. The summed E-state index contributed by atoms with van der Waals surface area (Å²) >= 11 is 3.19. The molecule has 2 aromatic rings.